The largest absolute Gasteiger partial charge is 0.376 e. The lowest BCUT2D eigenvalue weighted by Gasteiger charge is -2.22. The summed E-state index contributed by atoms with van der Waals surface area (Å²) in [7, 11) is -0.0244. The summed E-state index contributed by atoms with van der Waals surface area (Å²) in [5.41, 5.74) is 0.394. The zero-order valence-electron chi connectivity index (χ0n) is 19.0. The molecular weight excluding hydrogens is 472 g/mol. The number of nitrogens with one attached hydrogen (secondary N) is 2. The van der Waals surface area contributed by atoms with Crippen molar-refractivity contribution >= 4 is 38.8 Å². The minimum Gasteiger partial charge on any atom is -0.376 e. The molecule has 2 N–H and O–H groups in total. The fraction of sp³-hybridized carbons (Fsp3) is 0.250. The Labute approximate surface area is 204 Å². The first-order chi connectivity index (χ1) is 16.2. The Morgan fingerprint density at radius 3 is 2.26 bits per heavy atom. The van der Waals surface area contributed by atoms with E-state index in [2.05, 4.69) is 14.9 Å². The summed E-state index contributed by atoms with van der Waals surface area (Å²) in [6.07, 6.45) is 0.763. The smallest absolute Gasteiger partial charge is 0.293 e. The van der Waals surface area contributed by atoms with E-state index in [0.29, 0.717) is 17.1 Å². The SMILES string of the molecule is CN(C)CCC(CSc1ccccc1)Nc1ccc(S(=O)(=O)Nc2ccccc2)cc1[N+](=O)[O-]. The maximum atomic E-state index is 12.8. The minimum absolute atomic E-state index is 0.0591. The van der Waals surface area contributed by atoms with E-state index >= 15 is 0 Å². The second kappa shape index (κ2) is 11.9. The molecule has 0 aliphatic heterocycles. The number of nitrogens with zero attached hydrogens (tertiary/aromatic N) is 2. The van der Waals surface area contributed by atoms with Crippen LogP contribution in [0.2, 0.25) is 0 Å². The normalized spacial score (nSPS) is 12.3. The molecule has 3 aromatic carbocycles. The van der Waals surface area contributed by atoms with E-state index in [1.807, 2.05) is 44.4 Å². The molecule has 0 aliphatic rings. The molecule has 34 heavy (non-hydrogen) atoms. The molecule has 0 heterocycles. The average Bonchev–Trinajstić information content (AvgIpc) is 2.81. The quantitative estimate of drug-likeness (QED) is 0.207. The van der Waals surface area contributed by atoms with E-state index in [4.69, 9.17) is 0 Å². The molecule has 0 radical (unpaired) electrons. The van der Waals surface area contributed by atoms with Gasteiger partial charge in [0.15, 0.2) is 0 Å². The molecule has 1 atom stereocenters. The molecule has 3 rings (SSSR count). The van der Waals surface area contributed by atoms with Gasteiger partial charge in [0.25, 0.3) is 15.7 Å². The van der Waals surface area contributed by atoms with E-state index in [9.17, 15) is 18.5 Å². The predicted octanol–water partition coefficient (Wildman–Crippen LogP) is 4.92. The number of anilines is 2. The van der Waals surface area contributed by atoms with Gasteiger partial charge >= 0.3 is 0 Å². The third-order valence-corrected chi connectivity index (χ3v) is 7.53. The van der Waals surface area contributed by atoms with Gasteiger partial charge in [0.05, 0.1) is 9.82 Å². The summed E-state index contributed by atoms with van der Waals surface area (Å²) in [4.78, 5) is 14.3. The van der Waals surface area contributed by atoms with Crippen LogP contribution in [0, 0.1) is 10.1 Å². The molecule has 180 valence electrons. The van der Waals surface area contributed by atoms with Gasteiger partial charge in [0, 0.05) is 28.4 Å². The lowest BCUT2D eigenvalue weighted by Crippen LogP contribution is -2.28. The standard InChI is InChI=1S/C24H28N4O4S2/c1-27(2)16-15-20(18-33-21-11-7-4-8-12-21)25-23-14-13-22(17-24(23)28(29)30)34(31,32)26-19-9-5-3-6-10-19/h3-14,17,20,25-26H,15-16,18H2,1-2H3. The second-order valence-electron chi connectivity index (χ2n) is 7.96. The number of rotatable bonds is 12. The first kappa shape index (κ1) is 25.5. The summed E-state index contributed by atoms with van der Waals surface area (Å²) in [6.45, 7) is 0.800. The minimum atomic E-state index is -3.98. The fourth-order valence-electron chi connectivity index (χ4n) is 3.22. The summed E-state index contributed by atoms with van der Waals surface area (Å²) >= 11 is 1.67. The summed E-state index contributed by atoms with van der Waals surface area (Å²) in [6, 6.07) is 22.2. The Hall–Kier alpha value is -3.08. The maximum absolute atomic E-state index is 12.8. The predicted molar refractivity (Wildman–Crippen MR) is 138 cm³/mol. The Balaban J connectivity index is 1.82. The van der Waals surface area contributed by atoms with Crippen molar-refractivity contribution in [3.8, 4) is 0 Å². The molecule has 0 amide bonds. The number of nitro benzene ring substituents is 1. The maximum Gasteiger partial charge on any atom is 0.293 e. The highest BCUT2D eigenvalue weighted by Crippen LogP contribution is 2.30. The monoisotopic (exact) mass is 500 g/mol. The van der Waals surface area contributed by atoms with Crippen molar-refractivity contribution in [3.05, 3.63) is 89.0 Å². The van der Waals surface area contributed by atoms with Gasteiger partial charge in [-0.1, -0.05) is 36.4 Å². The van der Waals surface area contributed by atoms with Crippen molar-refractivity contribution in [2.75, 3.05) is 36.4 Å². The fourth-order valence-corrected chi connectivity index (χ4v) is 5.29. The third-order valence-electron chi connectivity index (χ3n) is 4.98. The van der Waals surface area contributed by atoms with Gasteiger partial charge in [-0.2, -0.15) is 0 Å². The molecule has 0 aliphatic carbocycles. The molecule has 0 bridgehead atoms. The first-order valence-corrected chi connectivity index (χ1v) is 13.2. The van der Waals surface area contributed by atoms with Gasteiger partial charge in [-0.25, -0.2) is 8.42 Å². The Morgan fingerprint density at radius 1 is 1.00 bits per heavy atom. The molecular formula is C24H28N4O4S2. The van der Waals surface area contributed by atoms with Crippen molar-refractivity contribution < 1.29 is 13.3 Å². The van der Waals surface area contributed by atoms with Gasteiger partial charge in [-0.15, -0.1) is 11.8 Å². The number of sulfonamides is 1. The zero-order valence-corrected chi connectivity index (χ0v) is 20.7. The van der Waals surface area contributed by atoms with Gasteiger partial charge in [-0.3, -0.25) is 14.8 Å². The van der Waals surface area contributed by atoms with Crippen LogP contribution in [0.4, 0.5) is 17.1 Å². The molecule has 0 saturated heterocycles. The highest BCUT2D eigenvalue weighted by molar-refractivity contribution is 7.99. The van der Waals surface area contributed by atoms with Crippen molar-refractivity contribution in [3.63, 3.8) is 0 Å². The number of hydrogen-bond acceptors (Lipinski definition) is 7. The Bertz CT molecular complexity index is 1190. The van der Waals surface area contributed by atoms with Crippen LogP contribution in [0.5, 0.6) is 0 Å². The summed E-state index contributed by atoms with van der Waals surface area (Å²) < 4.78 is 28.0. The van der Waals surface area contributed by atoms with Crippen LogP contribution in [0.1, 0.15) is 6.42 Å². The number of para-hydroxylation sites is 1. The molecule has 0 spiro atoms. The van der Waals surface area contributed by atoms with E-state index < -0.39 is 14.9 Å². The number of nitro groups is 1. The lowest BCUT2D eigenvalue weighted by molar-refractivity contribution is -0.384. The number of thioether (sulfide) groups is 1. The van der Waals surface area contributed by atoms with Gasteiger partial charge < -0.3 is 10.2 Å². The van der Waals surface area contributed by atoms with Crippen molar-refractivity contribution in [1.29, 1.82) is 0 Å². The van der Waals surface area contributed by atoms with Crippen LogP contribution >= 0.6 is 11.8 Å². The highest BCUT2D eigenvalue weighted by Gasteiger charge is 2.23. The molecule has 8 nitrogen and oxygen atoms in total. The molecule has 0 fully saturated rings. The second-order valence-corrected chi connectivity index (χ2v) is 10.7. The van der Waals surface area contributed by atoms with Crippen LogP contribution in [-0.2, 0) is 10.0 Å². The molecule has 0 saturated carbocycles. The van der Waals surface area contributed by atoms with Crippen molar-refractivity contribution in [2.45, 2.75) is 22.3 Å². The van der Waals surface area contributed by atoms with E-state index in [1.165, 1.54) is 12.1 Å². The zero-order chi connectivity index (χ0) is 24.6. The average molecular weight is 501 g/mol. The molecule has 3 aromatic rings. The molecule has 0 aromatic heterocycles. The Morgan fingerprint density at radius 2 is 1.65 bits per heavy atom. The van der Waals surface area contributed by atoms with Crippen molar-refractivity contribution in [2.24, 2.45) is 0 Å². The number of hydrogen-bond donors (Lipinski definition) is 2. The Kier molecular flexibility index (Phi) is 8.91. The van der Waals surface area contributed by atoms with Crippen LogP contribution in [0.3, 0.4) is 0 Å². The van der Waals surface area contributed by atoms with E-state index in [-0.39, 0.29) is 16.6 Å². The van der Waals surface area contributed by atoms with Crippen LogP contribution < -0.4 is 10.0 Å². The third kappa shape index (κ3) is 7.47. The first-order valence-electron chi connectivity index (χ1n) is 10.7. The highest BCUT2D eigenvalue weighted by atomic mass is 32.2. The van der Waals surface area contributed by atoms with E-state index in [0.717, 1.165) is 23.9 Å². The van der Waals surface area contributed by atoms with Gasteiger partial charge in [-0.05, 0) is 63.5 Å². The molecule has 10 heteroatoms. The lowest BCUT2D eigenvalue weighted by atomic mass is 10.2. The number of benzene rings is 3. The van der Waals surface area contributed by atoms with E-state index in [1.54, 1.807) is 42.1 Å². The molecule has 1 unspecified atom stereocenters. The topological polar surface area (TPSA) is 105 Å². The van der Waals surface area contributed by atoms with Gasteiger partial charge in [0.1, 0.15) is 5.69 Å². The van der Waals surface area contributed by atoms with Crippen LogP contribution in [0.15, 0.2) is 88.7 Å². The van der Waals surface area contributed by atoms with Crippen LogP contribution in [0.25, 0.3) is 0 Å². The van der Waals surface area contributed by atoms with Crippen LogP contribution in [-0.4, -0.2) is 50.7 Å². The van der Waals surface area contributed by atoms with Crippen molar-refractivity contribution in [1.82, 2.24) is 4.90 Å². The summed E-state index contributed by atoms with van der Waals surface area (Å²) in [5.74, 6) is 0.699. The summed E-state index contributed by atoms with van der Waals surface area (Å²) in [5, 5.41) is 15.1. The van der Waals surface area contributed by atoms with Gasteiger partial charge in [0.2, 0.25) is 0 Å².